The highest BCUT2D eigenvalue weighted by Gasteiger charge is 2.34. The maximum absolute atomic E-state index is 13.2. The molecule has 0 fully saturated rings. The first kappa shape index (κ1) is 17.1. The molecule has 1 aliphatic heterocycles. The number of nitrogens with zero attached hydrogens (tertiary/aromatic N) is 1. The largest absolute Gasteiger partial charge is 0.442 e. The molecule has 0 saturated heterocycles. The molecule has 1 heterocycles. The minimum Gasteiger partial charge on any atom is -0.442 e. The molecule has 126 valence electrons. The Kier molecular flexibility index (Phi) is 5.43. The van der Waals surface area contributed by atoms with Crippen LogP contribution in [0.4, 0.5) is 23.7 Å². The van der Waals surface area contributed by atoms with Gasteiger partial charge >= 0.3 is 12.3 Å². The number of benzene rings is 1. The highest BCUT2D eigenvalue weighted by atomic mass is 19.4. The van der Waals surface area contributed by atoms with Crippen LogP contribution in [0.3, 0.4) is 0 Å². The molecular weight excluding hydrogens is 315 g/mol. The smallest absolute Gasteiger partial charge is 0.428 e. The lowest BCUT2D eigenvalue weighted by atomic mass is 10.0. The third-order valence-electron chi connectivity index (χ3n) is 3.12. The van der Waals surface area contributed by atoms with Crippen molar-refractivity contribution in [2.45, 2.75) is 12.6 Å². The van der Waals surface area contributed by atoms with E-state index in [4.69, 9.17) is 9.47 Å². The van der Waals surface area contributed by atoms with Gasteiger partial charge < -0.3 is 14.8 Å². The average molecular weight is 331 g/mol. The molecule has 0 saturated carbocycles. The normalized spacial score (nSPS) is 14.8. The van der Waals surface area contributed by atoms with Gasteiger partial charge in [-0.2, -0.15) is 18.3 Å². The minimum absolute atomic E-state index is 0.0151. The van der Waals surface area contributed by atoms with Crippen molar-refractivity contribution in [2.75, 3.05) is 32.2 Å². The van der Waals surface area contributed by atoms with Gasteiger partial charge in [-0.3, -0.25) is 0 Å². The molecule has 6 nitrogen and oxygen atoms in total. The van der Waals surface area contributed by atoms with E-state index in [1.165, 1.54) is 19.2 Å². The number of carbonyl (C=O) groups is 1. The lowest BCUT2D eigenvalue weighted by Gasteiger charge is -2.18. The number of anilines is 1. The fourth-order valence-electron chi connectivity index (χ4n) is 2.01. The number of alkyl halides is 3. The van der Waals surface area contributed by atoms with E-state index in [0.29, 0.717) is 19.6 Å². The van der Waals surface area contributed by atoms with E-state index in [9.17, 15) is 18.0 Å². The van der Waals surface area contributed by atoms with Crippen molar-refractivity contribution in [3.05, 3.63) is 29.3 Å². The van der Waals surface area contributed by atoms with Gasteiger partial charge in [0.05, 0.1) is 5.56 Å². The molecule has 23 heavy (non-hydrogen) atoms. The van der Waals surface area contributed by atoms with Gasteiger partial charge in [0.1, 0.15) is 12.3 Å². The van der Waals surface area contributed by atoms with E-state index in [1.807, 2.05) is 0 Å². The molecule has 1 amide bonds. The Labute approximate surface area is 130 Å². The zero-order valence-electron chi connectivity index (χ0n) is 12.4. The molecule has 1 aliphatic rings. The molecule has 9 heteroatoms. The van der Waals surface area contributed by atoms with E-state index >= 15 is 0 Å². The fraction of sp³-hybridized carbons (Fsp3) is 0.429. The summed E-state index contributed by atoms with van der Waals surface area (Å²) < 4.78 is 49.2. The van der Waals surface area contributed by atoms with Gasteiger partial charge in [0.15, 0.2) is 0 Å². The van der Waals surface area contributed by atoms with Crippen LogP contribution in [0.25, 0.3) is 0 Å². The molecule has 0 spiro atoms. The summed E-state index contributed by atoms with van der Waals surface area (Å²) >= 11 is 0. The summed E-state index contributed by atoms with van der Waals surface area (Å²) in [6, 6.07) is 3.82. The topological polar surface area (TPSA) is 72.0 Å². The molecule has 0 bridgehead atoms. The molecule has 0 unspecified atom stereocenters. The van der Waals surface area contributed by atoms with E-state index in [2.05, 4.69) is 15.8 Å². The zero-order valence-corrected chi connectivity index (χ0v) is 12.4. The Morgan fingerprint density at radius 3 is 2.83 bits per heavy atom. The van der Waals surface area contributed by atoms with Crippen LogP contribution < -0.4 is 10.7 Å². The minimum atomic E-state index is -4.51. The molecular formula is C14H16F3N3O3. The van der Waals surface area contributed by atoms with Crippen molar-refractivity contribution in [2.24, 2.45) is 5.10 Å². The Morgan fingerprint density at radius 2 is 2.22 bits per heavy atom. The third-order valence-corrected chi connectivity index (χ3v) is 3.12. The Bertz CT molecular complexity index is 603. The number of ether oxygens (including phenoxy) is 2. The third kappa shape index (κ3) is 4.59. The van der Waals surface area contributed by atoms with Crippen LogP contribution in [-0.4, -0.2) is 38.7 Å². The second kappa shape index (κ2) is 7.32. The van der Waals surface area contributed by atoms with Gasteiger partial charge in [0, 0.05) is 31.5 Å². The number of carbonyl (C=O) groups excluding carboxylic acids is 1. The quantitative estimate of drug-likeness (QED) is 0.786. The maximum atomic E-state index is 13.2. The first-order chi connectivity index (χ1) is 10.9. The lowest BCUT2D eigenvalue weighted by Crippen LogP contribution is -2.30. The van der Waals surface area contributed by atoms with Crippen molar-refractivity contribution in [3.63, 3.8) is 0 Å². The van der Waals surface area contributed by atoms with Crippen molar-refractivity contribution in [1.82, 2.24) is 5.43 Å². The fourth-order valence-corrected chi connectivity index (χ4v) is 2.01. The Morgan fingerprint density at radius 1 is 1.43 bits per heavy atom. The van der Waals surface area contributed by atoms with E-state index in [-0.39, 0.29) is 23.6 Å². The SMILES string of the molecule is COCCCNc1ccc(C2=NNC(=O)OC2)cc1C(F)(F)F. The van der Waals surface area contributed by atoms with Crippen LogP contribution in [0.5, 0.6) is 0 Å². The number of cyclic esters (lactones) is 1. The first-order valence-corrected chi connectivity index (χ1v) is 6.85. The number of hydrogen-bond donors (Lipinski definition) is 2. The number of rotatable bonds is 6. The summed E-state index contributed by atoms with van der Waals surface area (Å²) in [6.07, 6.45) is -4.66. The first-order valence-electron chi connectivity index (χ1n) is 6.85. The van der Waals surface area contributed by atoms with Crippen LogP contribution in [0.15, 0.2) is 23.3 Å². The summed E-state index contributed by atoms with van der Waals surface area (Å²) in [7, 11) is 1.53. The predicted molar refractivity (Wildman–Crippen MR) is 77.4 cm³/mol. The molecule has 2 N–H and O–H groups in total. The van der Waals surface area contributed by atoms with Gasteiger partial charge in [0.2, 0.25) is 0 Å². The molecule has 1 aromatic carbocycles. The molecule has 1 aromatic rings. The van der Waals surface area contributed by atoms with Crippen molar-refractivity contribution >= 4 is 17.5 Å². The number of amides is 1. The average Bonchev–Trinajstić information content (AvgIpc) is 2.51. The summed E-state index contributed by atoms with van der Waals surface area (Å²) in [4.78, 5) is 10.9. The lowest BCUT2D eigenvalue weighted by molar-refractivity contribution is -0.137. The summed E-state index contributed by atoms with van der Waals surface area (Å²) in [5.74, 6) is 0. The van der Waals surface area contributed by atoms with Crippen molar-refractivity contribution in [1.29, 1.82) is 0 Å². The van der Waals surface area contributed by atoms with Crippen LogP contribution in [0.2, 0.25) is 0 Å². The van der Waals surface area contributed by atoms with Gasteiger partial charge in [-0.05, 0) is 18.6 Å². The maximum Gasteiger partial charge on any atom is 0.428 e. The molecule has 0 radical (unpaired) electrons. The Hall–Kier alpha value is -2.29. The monoisotopic (exact) mass is 331 g/mol. The van der Waals surface area contributed by atoms with Crippen LogP contribution >= 0.6 is 0 Å². The van der Waals surface area contributed by atoms with Crippen molar-refractivity contribution < 1.29 is 27.4 Å². The van der Waals surface area contributed by atoms with E-state index in [0.717, 1.165) is 6.07 Å². The summed E-state index contributed by atoms with van der Waals surface area (Å²) in [5, 5.41) is 6.46. The van der Waals surface area contributed by atoms with Gasteiger partial charge in [-0.1, -0.05) is 6.07 Å². The van der Waals surface area contributed by atoms with E-state index < -0.39 is 17.8 Å². The summed E-state index contributed by atoms with van der Waals surface area (Å²) in [5.41, 5.74) is 1.71. The number of halogens is 3. The van der Waals surface area contributed by atoms with Crippen LogP contribution in [-0.2, 0) is 15.7 Å². The standard InChI is InChI=1S/C14H16F3N3O3/c1-22-6-2-5-18-11-4-3-9(7-10(11)14(15,16)17)12-8-23-13(21)20-19-12/h3-4,7,18H,2,5-6,8H2,1H3,(H,20,21). The van der Waals surface area contributed by atoms with Gasteiger partial charge in [-0.15, -0.1) is 0 Å². The molecule has 0 aromatic heterocycles. The second-order valence-electron chi connectivity index (χ2n) is 4.78. The van der Waals surface area contributed by atoms with Gasteiger partial charge in [0.25, 0.3) is 0 Å². The number of hydrazone groups is 1. The number of methoxy groups -OCH3 is 1. The highest BCUT2D eigenvalue weighted by molar-refractivity contribution is 6.04. The van der Waals surface area contributed by atoms with Crippen LogP contribution in [0.1, 0.15) is 17.5 Å². The van der Waals surface area contributed by atoms with E-state index in [1.54, 1.807) is 0 Å². The summed E-state index contributed by atoms with van der Waals surface area (Å²) in [6.45, 7) is 0.639. The molecule has 0 atom stereocenters. The van der Waals surface area contributed by atoms with Gasteiger partial charge in [-0.25, -0.2) is 10.2 Å². The Balaban J connectivity index is 2.22. The number of hydrogen-bond acceptors (Lipinski definition) is 5. The number of nitrogens with one attached hydrogen (secondary N) is 2. The molecule has 0 aliphatic carbocycles. The van der Waals surface area contributed by atoms with Crippen LogP contribution in [0, 0.1) is 0 Å². The molecule has 2 rings (SSSR count). The highest BCUT2D eigenvalue weighted by Crippen LogP contribution is 2.35. The zero-order chi connectivity index (χ0) is 16.9. The predicted octanol–water partition coefficient (Wildman–Crippen LogP) is 2.60. The van der Waals surface area contributed by atoms with Crippen molar-refractivity contribution in [3.8, 4) is 0 Å². The second-order valence-corrected chi connectivity index (χ2v) is 4.78.